The number of anilines is 1. The normalized spacial score (nSPS) is 17.2. The molecule has 0 saturated carbocycles. The van der Waals surface area contributed by atoms with Crippen molar-refractivity contribution in [3.8, 4) is 0 Å². The molecule has 1 aliphatic heterocycles. The Morgan fingerprint density at radius 1 is 1.22 bits per heavy atom. The smallest absolute Gasteiger partial charge is 0.380 e. The molecule has 1 saturated heterocycles. The lowest BCUT2D eigenvalue weighted by atomic mass is 10.1. The maximum Gasteiger partial charge on any atom is 0.417 e. The van der Waals surface area contributed by atoms with Crippen molar-refractivity contribution in [2.24, 2.45) is 0 Å². The van der Waals surface area contributed by atoms with E-state index < -0.39 is 17.8 Å². The predicted molar refractivity (Wildman–Crippen MR) is 104 cm³/mol. The van der Waals surface area contributed by atoms with Gasteiger partial charge in [0.05, 0.1) is 41.5 Å². The van der Waals surface area contributed by atoms with E-state index in [-0.39, 0.29) is 30.5 Å². The number of morpholine rings is 1. The minimum Gasteiger partial charge on any atom is -0.380 e. The number of tetrazole rings is 1. The molecule has 1 atom stereocenters. The summed E-state index contributed by atoms with van der Waals surface area (Å²) in [5, 5.41) is 11.3. The Morgan fingerprint density at radius 2 is 2.06 bits per heavy atom. The van der Waals surface area contributed by atoms with Gasteiger partial charge in [-0.05, 0) is 40.8 Å². The lowest BCUT2D eigenvalue weighted by Crippen LogP contribution is -2.43. The van der Waals surface area contributed by atoms with Gasteiger partial charge in [-0.1, -0.05) is 0 Å². The van der Waals surface area contributed by atoms with Crippen LogP contribution in [0.25, 0.3) is 16.7 Å². The quantitative estimate of drug-likeness (QED) is 0.497. The summed E-state index contributed by atoms with van der Waals surface area (Å²) >= 11 is 0. The van der Waals surface area contributed by atoms with Crippen LogP contribution in [0, 0.1) is 0 Å². The topological polar surface area (TPSA) is 124 Å². The highest BCUT2D eigenvalue weighted by Crippen LogP contribution is 2.31. The number of hydrogen-bond acceptors (Lipinski definition) is 8. The standard InChI is InChI=1S/C19H15F3N8O2/c20-19(21,22)11-2-4-12(24-8-11)15-9-32-6-5-29(15)18(31)10-1-3-13-14(7-10)30-17(16(23)25-13)26-27-28-30/h1-4,7-8,15H,5-6,9H2,(H2,23,25). The van der Waals surface area contributed by atoms with Crippen LogP contribution in [0.2, 0.25) is 0 Å². The second-order valence-electron chi connectivity index (χ2n) is 7.17. The molecule has 0 spiro atoms. The first-order valence-electron chi connectivity index (χ1n) is 9.52. The molecular formula is C19H15F3N8O2. The van der Waals surface area contributed by atoms with Gasteiger partial charge < -0.3 is 15.4 Å². The van der Waals surface area contributed by atoms with Crippen LogP contribution < -0.4 is 5.73 Å². The maximum absolute atomic E-state index is 13.4. The number of alkyl halides is 3. The van der Waals surface area contributed by atoms with Crippen LogP contribution >= 0.6 is 0 Å². The number of fused-ring (bicyclic) bond motifs is 3. The van der Waals surface area contributed by atoms with E-state index in [2.05, 4.69) is 25.5 Å². The number of pyridine rings is 1. The van der Waals surface area contributed by atoms with Crippen molar-refractivity contribution in [2.45, 2.75) is 12.2 Å². The molecule has 0 bridgehead atoms. The van der Waals surface area contributed by atoms with Gasteiger partial charge in [-0.15, -0.1) is 5.10 Å². The first kappa shape index (κ1) is 20.1. The Balaban J connectivity index is 1.50. The van der Waals surface area contributed by atoms with Crippen LogP contribution in [0.3, 0.4) is 0 Å². The van der Waals surface area contributed by atoms with E-state index in [9.17, 15) is 18.0 Å². The molecule has 1 aliphatic rings. The summed E-state index contributed by atoms with van der Waals surface area (Å²) in [7, 11) is 0. The van der Waals surface area contributed by atoms with Gasteiger partial charge in [-0.3, -0.25) is 9.78 Å². The molecule has 2 N–H and O–H groups in total. The molecule has 164 valence electrons. The Labute approximate surface area is 177 Å². The van der Waals surface area contributed by atoms with Crippen LogP contribution in [-0.4, -0.2) is 60.6 Å². The van der Waals surface area contributed by atoms with Gasteiger partial charge in [0.25, 0.3) is 5.91 Å². The average Bonchev–Trinajstić information content (AvgIpc) is 3.29. The summed E-state index contributed by atoms with van der Waals surface area (Å²) in [4.78, 5) is 23.1. The number of carbonyl (C=O) groups excluding carboxylic acids is 1. The van der Waals surface area contributed by atoms with Crippen molar-refractivity contribution in [3.63, 3.8) is 0 Å². The highest BCUT2D eigenvalue weighted by molar-refractivity contribution is 5.98. The Kier molecular flexibility index (Phi) is 4.62. The molecule has 3 aromatic heterocycles. The molecule has 1 unspecified atom stereocenters. The first-order valence-corrected chi connectivity index (χ1v) is 9.52. The molecule has 4 heterocycles. The lowest BCUT2D eigenvalue weighted by Gasteiger charge is -2.35. The van der Waals surface area contributed by atoms with Gasteiger partial charge in [0.2, 0.25) is 5.65 Å². The molecule has 1 fully saturated rings. The van der Waals surface area contributed by atoms with E-state index in [1.54, 1.807) is 18.2 Å². The van der Waals surface area contributed by atoms with E-state index in [4.69, 9.17) is 10.5 Å². The van der Waals surface area contributed by atoms with Crippen molar-refractivity contribution < 1.29 is 22.7 Å². The van der Waals surface area contributed by atoms with Crippen LogP contribution in [-0.2, 0) is 10.9 Å². The first-order chi connectivity index (χ1) is 15.3. The minimum absolute atomic E-state index is 0.118. The largest absolute Gasteiger partial charge is 0.417 e. The second kappa shape index (κ2) is 7.37. The summed E-state index contributed by atoms with van der Waals surface area (Å²) < 4.78 is 45.5. The summed E-state index contributed by atoms with van der Waals surface area (Å²) in [5.41, 5.74) is 6.90. The van der Waals surface area contributed by atoms with Crippen molar-refractivity contribution in [3.05, 3.63) is 53.3 Å². The molecule has 4 aromatic rings. The van der Waals surface area contributed by atoms with Crippen LogP contribution in [0.4, 0.5) is 19.0 Å². The molecule has 32 heavy (non-hydrogen) atoms. The van der Waals surface area contributed by atoms with Gasteiger partial charge in [0, 0.05) is 18.3 Å². The fourth-order valence-electron chi connectivity index (χ4n) is 3.64. The van der Waals surface area contributed by atoms with Crippen LogP contribution in [0.15, 0.2) is 36.5 Å². The monoisotopic (exact) mass is 444 g/mol. The number of aromatic nitrogens is 6. The highest BCUT2D eigenvalue weighted by atomic mass is 19.4. The third-order valence-corrected chi connectivity index (χ3v) is 5.23. The molecule has 1 amide bonds. The zero-order valence-electron chi connectivity index (χ0n) is 16.3. The maximum atomic E-state index is 13.4. The van der Waals surface area contributed by atoms with E-state index in [1.807, 2.05) is 0 Å². The lowest BCUT2D eigenvalue weighted by molar-refractivity contribution is -0.137. The zero-order chi connectivity index (χ0) is 22.5. The predicted octanol–water partition coefficient (Wildman–Crippen LogP) is 1.88. The van der Waals surface area contributed by atoms with E-state index in [1.165, 1.54) is 15.5 Å². The highest BCUT2D eigenvalue weighted by Gasteiger charge is 2.33. The molecule has 10 nitrogen and oxygen atoms in total. The van der Waals surface area contributed by atoms with Crippen molar-refractivity contribution >= 4 is 28.4 Å². The van der Waals surface area contributed by atoms with Crippen molar-refractivity contribution in [1.29, 1.82) is 0 Å². The Hall–Kier alpha value is -3.87. The third-order valence-electron chi connectivity index (χ3n) is 5.23. The molecule has 13 heteroatoms. The SMILES string of the molecule is Nc1nc2ccc(C(=O)N3CCOCC3c3ccc(C(F)(F)F)cn3)cc2n2nnnc12. The van der Waals surface area contributed by atoms with Gasteiger partial charge in [0.15, 0.2) is 5.82 Å². The van der Waals surface area contributed by atoms with Crippen LogP contribution in [0.5, 0.6) is 0 Å². The number of nitrogens with two attached hydrogens (primary N) is 1. The molecule has 1 aromatic carbocycles. The van der Waals surface area contributed by atoms with Gasteiger partial charge in [-0.2, -0.15) is 17.7 Å². The molecule has 0 radical (unpaired) electrons. The zero-order valence-corrected chi connectivity index (χ0v) is 16.3. The summed E-state index contributed by atoms with van der Waals surface area (Å²) in [5.74, 6) is -0.178. The van der Waals surface area contributed by atoms with E-state index >= 15 is 0 Å². The van der Waals surface area contributed by atoms with Crippen molar-refractivity contribution in [2.75, 3.05) is 25.5 Å². The second-order valence-corrected chi connectivity index (χ2v) is 7.17. The molecular weight excluding hydrogens is 429 g/mol. The fraction of sp³-hybridized carbons (Fsp3) is 0.263. The van der Waals surface area contributed by atoms with Gasteiger partial charge in [0.1, 0.15) is 0 Å². The number of carbonyl (C=O) groups is 1. The minimum atomic E-state index is -4.49. The number of halogens is 3. The van der Waals surface area contributed by atoms with Gasteiger partial charge >= 0.3 is 6.18 Å². The average molecular weight is 444 g/mol. The molecule has 0 aliphatic carbocycles. The fourth-order valence-corrected chi connectivity index (χ4v) is 3.64. The number of benzene rings is 1. The number of ether oxygens (including phenoxy) is 1. The number of hydrogen-bond donors (Lipinski definition) is 1. The third kappa shape index (κ3) is 3.36. The Morgan fingerprint density at radius 3 is 2.81 bits per heavy atom. The summed E-state index contributed by atoms with van der Waals surface area (Å²) in [6, 6.07) is 6.40. The van der Waals surface area contributed by atoms with Crippen molar-refractivity contribution in [1.82, 2.24) is 34.9 Å². The van der Waals surface area contributed by atoms with E-state index in [0.717, 1.165) is 12.3 Å². The number of amides is 1. The van der Waals surface area contributed by atoms with Crippen LogP contribution in [0.1, 0.15) is 27.7 Å². The molecule has 5 rings (SSSR count). The Bertz CT molecular complexity index is 1320. The number of rotatable bonds is 2. The summed E-state index contributed by atoms with van der Waals surface area (Å²) in [6.07, 6.45) is -3.73. The van der Waals surface area contributed by atoms with Gasteiger partial charge in [-0.25, -0.2) is 4.98 Å². The summed E-state index contributed by atoms with van der Waals surface area (Å²) in [6.45, 7) is 0.670. The van der Waals surface area contributed by atoms with E-state index in [0.29, 0.717) is 28.9 Å². The number of nitrogens with zero attached hydrogens (tertiary/aromatic N) is 7. The number of nitrogen functional groups attached to an aromatic ring is 1.